The van der Waals surface area contributed by atoms with Crippen molar-refractivity contribution in [3.05, 3.63) is 24.3 Å². The second kappa shape index (κ2) is 9.43. The zero-order valence-corrected chi connectivity index (χ0v) is 16.1. The molecule has 144 valence electrons. The standard InChI is InChI=1S/C19H30N4O3/c1-14(2)13-20-19(25)21-18(24)15(3)22-8-10-23(11-9-22)16-6-5-7-17(12-16)26-4/h5-7,12,14-15H,8-11,13H2,1-4H3,(H2,20,21,24,25)/t15-/m1/s1. The molecule has 2 N–H and O–H groups in total. The SMILES string of the molecule is COc1cccc(N2CCN([C@H](C)C(=O)NC(=O)NCC(C)C)CC2)c1. The van der Waals surface area contributed by atoms with Crippen LogP contribution in [0.3, 0.4) is 0 Å². The summed E-state index contributed by atoms with van der Waals surface area (Å²) in [4.78, 5) is 28.4. The van der Waals surface area contributed by atoms with E-state index in [4.69, 9.17) is 4.74 Å². The van der Waals surface area contributed by atoms with Gasteiger partial charge in [-0.15, -0.1) is 0 Å². The van der Waals surface area contributed by atoms with Gasteiger partial charge in [-0.05, 0) is 25.0 Å². The van der Waals surface area contributed by atoms with E-state index in [-0.39, 0.29) is 11.9 Å². The van der Waals surface area contributed by atoms with Crippen LogP contribution in [-0.4, -0.2) is 62.7 Å². The van der Waals surface area contributed by atoms with Crippen LogP contribution in [0.25, 0.3) is 0 Å². The number of hydrogen-bond donors (Lipinski definition) is 2. The third-order valence-electron chi connectivity index (χ3n) is 4.57. The lowest BCUT2D eigenvalue weighted by molar-refractivity contribution is -0.124. The lowest BCUT2D eigenvalue weighted by Gasteiger charge is -2.38. The number of hydrogen-bond acceptors (Lipinski definition) is 5. The molecular weight excluding hydrogens is 332 g/mol. The number of ether oxygens (including phenoxy) is 1. The molecule has 7 heteroatoms. The Bertz CT molecular complexity index is 613. The Morgan fingerprint density at radius 3 is 2.46 bits per heavy atom. The van der Waals surface area contributed by atoms with Gasteiger partial charge in [0.25, 0.3) is 0 Å². The van der Waals surface area contributed by atoms with Crippen LogP contribution >= 0.6 is 0 Å². The zero-order chi connectivity index (χ0) is 19.1. The first-order valence-corrected chi connectivity index (χ1v) is 9.12. The van der Waals surface area contributed by atoms with Crippen LogP contribution in [0, 0.1) is 5.92 Å². The number of amides is 3. The van der Waals surface area contributed by atoms with Crippen molar-refractivity contribution in [2.45, 2.75) is 26.8 Å². The van der Waals surface area contributed by atoms with Gasteiger partial charge in [-0.3, -0.25) is 15.0 Å². The molecule has 0 unspecified atom stereocenters. The molecule has 0 saturated carbocycles. The van der Waals surface area contributed by atoms with Crippen molar-refractivity contribution in [2.24, 2.45) is 5.92 Å². The first kappa shape index (κ1) is 20.0. The average Bonchev–Trinajstić information content (AvgIpc) is 2.66. The van der Waals surface area contributed by atoms with Crippen molar-refractivity contribution in [1.29, 1.82) is 0 Å². The maximum Gasteiger partial charge on any atom is 0.321 e. The molecule has 1 atom stereocenters. The first-order chi connectivity index (χ1) is 12.4. The number of nitrogens with one attached hydrogen (secondary N) is 2. The average molecular weight is 362 g/mol. The molecule has 0 bridgehead atoms. The minimum absolute atomic E-state index is 0.263. The van der Waals surface area contributed by atoms with Crippen LogP contribution in [-0.2, 0) is 4.79 Å². The van der Waals surface area contributed by atoms with Gasteiger partial charge >= 0.3 is 6.03 Å². The number of benzene rings is 1. The molecule has 1 fully saturated rings. The molecule has 1 aliphatic rings. The van der Waals surface area contributed by atoms with Gasteiger partial charge in [0.2, 0.25) is 5.91 Å². The predicted octanol–water partition coefficient (Wildman–Crippen LogP) is 1.69. The number of urea groups is 1. The zero-order valence-electron chi connectivity index (χ0n) is 16.1. The van der Waals surface area contributed by atoms with Gasteiger partial charge in [-0.25, -0.2) is 4.79 Å². The number of rotatable bonds is 6. The van der Waals surface area contributed by atoms with Crippen molar-refractivity contribution in [3.63, 3.8) is 0 Å². The van der Waals surface area contributed by atoms with E-state index in [1.54, 1.807) is 7.11 Å². The van der Waals surface area contributed by atoms with Gasteiger partial charge in [0, 0.05) is 44.5 Å². The number of carbonyl (C=O) groups is 2. The van der Waals surface area contributed by atoms with Crippen molar-refractivity contribution >= 4 is 17.6 Å². The van der Waals surface area contributed by atoms with Crippen LogP contribution in [0.5, 0.6) is 5.75 Å². The lowest BCUT2D eigenvalue weighted by Crippen LogP contribution is -2.55. The quantitative estimate of drug-likeness (QED) is 0.806. The Labute approximate surface area is 155 Å². The van der Waals surface area contributed by atoms with E-state index in [2.05, 4.69) is 26.5 Å². The third kappa shape index (κ3) is 5.62. The lowest BCUT2D eigenvalue weighted by atomic mass is 10.2. The summed E-state index contributed by atoms with van der Waals surface area (Å²) in [7, 11) is 1.66. The summed E-state index contributed by atoms with van der Waals surface area (Å²) >= 11 is 0. The monoisotopic (exact) mass is 362 g/mol. The van der Waals surface area contributed by atoms with Gasteiger partial charge in [0.05, 0.1) is 13.2 Å². The number of nitrogens with zero attached hydrogens (tertiary/aromatic N) is 2. The maximum atomic E-state index is 12.3. The molecule has 0 radical (unpaired) electrons. The molecular formula is C19H30N4O3. The highest BCUT2D eigenvalue weighted by Gasteiger charge is 2.26. The largest absolute Gasteiger partial charge is 0.497 e. The Kier molecular flexibility index (Phi) is 7.26. The highest BCUT2D eigenvalue weighted by molar-refractivity contribution is 5.96. The minimum atomic E-state index is -0.425. The summed E-state index contributed by atoms with van der Waals surface area (Å²) in [5.74, 6) is 0.920. The minimum Gasteiger partial charge on any atom is -0.497 e. The normalized spacial score (nSPS) is 16.3. The topological polar surface area (TPSA) is 73.9 Å². The van der Waals surface area contributed by atoms with Gasteiger partial charge in [0.15, 0.2) is 0 Å². The molecule has 1 aromatic rings. The van der Waals surface area contributed by atoms with E-state index < -0.39 is 6.03 Å². The summed E-state index contributed by atoms with van der Waals surface area (Å²) in [6.07, 6.45) is 0. The van der Waals surface area contributed by atoms with Crippen LogP contribution < -0.4 is 20.3 Å². The van der Waals surface area contributed by atoms with Crippen LogP contribution in [0.4, 0.5) is 10.5 Å². The van der Waals surface area contributed by atoms with Crippen molar-refractivity contribution < 1.29 is 14.3 Å². The molecule has 2 rings (SSSR count). The van der Waals surface area contributed by atoms with E-state index in [0.717, 1.165) is 37.6 Å². The molecule has 3 amide bonds. The number of methoxy groups -OCH3 is 1. The van der Waals surface area contributed by atoms with E-state index in [1.165, 1.54) is 0 Å². The summed E-state index contributed by atoms with van der Waals surface area (Å²) in [6.45, 7) is 9.57. The second-order valence-corrected chi connectivity index (χ2v) is 6.99. The smallest absolute Gasteiger partial charge is 0.321 e. The summed E-state index contributed by atoms with van der Waals surface area (Å²) in [5.41, 5.74) is 1.12. The molecule has 26 heavy (non-hydrogen) atoms. The molecule has 1 aromatic carbocycles. The fourth-order valence-corrected chi connectivity index (χ4v) is 2.90. The third-order valence-corrected chi connectivity index (χ3v) is 4.57. The number of imide groups is 1. The predicted molar refractivity (Wildman–Crippen MR) is 103 cm³/mol. The van der Waals surface area contributed by atoms with E-state index in [9.17, 15) is 9.59 Å². The van der Waals surface area contributed by atoms with E-state index >= 15 is 0 Å². The molecule has 0 aliphatic carbocycles. The fraction of sp³-hybridized carbons (Fsp3) is 0.579. The Hall–Kier alpha value is -2.28. The summed E-state index contributed by atoms with van der Waals surface area (Å²) in [6, 6.07) is 7.22. The molecule has 1 aliphatic heterocycles. The maximum absolute atomic E-state index is 12.3. The number of piperazine rings is 1. The highest BCUT2D eigenvalue weighted by atomic mass is 16.5. The Morgan fingerprint density at radius 1 is 1.15 bits per heavy atom. The molecule has 0 aromatic heterocycles. The number of anilines is 1. The Morgan fingerprint density at radius 2 is 1.85 bits per heavy atom. The first-order valence-electron chi connectivity index (χ1n) is 9.12. The summed E-state index contributed by atoms with van der Waals surface area (Å²) < 4.78 is 5.28. The van der Waals surface area contributed by atoms with Crippen molar-refractivity contribution in [2.75, 3.05) is 44.7 Å². The molecule has 7 nitrogen and oxygen atoms in total. The highest BCUT2D eigenvalue weighted by Crippen LogP contribution is 2.22. The van der Waals surface area contributed by atoms with Gasteiger partial charge in [0.1, 0.15) is 5.75 Å². The molecule has 1 saturated heterocycles. The van der Waals surface area contributed by atoms with Crippen LogP contribution in [0.1, 0.15) is 20.8 Å². The van der Waals surface area contributed by atoms with Crippen LogP contribution in [0.2, 0.25) is 0 Å². The van der Waals surface area contributed by atoms with Crippen molar-refractivity contribution in [1.82, 2.24) is 15.5 Å². The van der Waals surface area contributed by atoms with E-state index in [0.29, 0.717) is 12.5 Å². The Balaban J connectivity index is 1.82. The molecule has 1 heterocycles. The molecule has 0 spiro atoms. The van der Waals surface area contributed by atoms with Gasteiger partial charge in [-0.2, -0.15) is 0 Å². The fourth-order valence-electron chi connectivity index (χ4n) is 2.90. The summed E-state index contributed by atoms with van der Waals surface area (Å²) in [5, 5.41) is 5.13. The number of carbonyl (C=O) groups excluding carboxylic acids is 2. The van der Waals surface area contributed by atoms with Gasteiger partial charge < -0.3 is 15.0 Å². The van der Waals surface area contributed by atoms with Gasteiger partial charge in [-0.1, -0.05) is 19.9 Å². The van der Waals surface area contributed by atoms with E-state index in [1.807, 2.05) is 39.0 Å². The van der Waals surface area contributed by atoms with Crippen molar-refractivity contribution in [3.8, 4) is 5.75 Å². The second-order valence-electron chi connectivity index (χ2n) is 6.99. The van der Waals surface area contributed by atoms with Crippen LogP contribution in [0.15, 0.2) is 24.3 Å².